The molecule has 0 aromatic heterocycles. The molecule has 2 amide bonds. The topological polar surface area (TPSA) is 49.4 Å². The molecule has 0 bridgehead atoms. The minimum Gasteiger partial charge on any atom is -0.354 e. The van der Waals surface area contributed by atoms with Crippen molar-refractivity contribution in [2.75, 3.05) is 13.1 Å². The second kappa shape index (κ2) is 6.75. The lowest BCUT2D eigenvalue weighted by Gasteiger charge is -2.22. The molecule has 5 heteroatoms. The molecule has 0 aliphatic carbocycles. The Bertz CT molecular complexity index is 504. The van der Waals surface area contributed by atoms with Crippen LogP contribution in [0.15, 0.2) is 24.3 Å². The van der Waals surface area contributed by atoms with Gasteiger partial charge in [-0.1, -0.05) is 23.7 Å². The molecule has 2 rings (SSSR count). The van der Waals surface area contributed by atoms with Gasteiger partial charge in [0, 0.05) is 25.0 Å². The normalized spacial score (nSPS) is 18.1. The minimum atomic E-state index is -0.299. The Labute approximate surface area is 124 Å². The van der Waals surface area contributed by atoms with Crippen LogP contribution in [-0.2, 0) is 16.0 Å². The van der Waals surface area contributed by atoms with E-state index in [0.29, 0.717) is 18.1 Å². The van der Waals surface area contributed by atoms with Gasteiger partial charge in [0.15, 0.2) is 0 Å². The number of benzene rings is 1. The highest BCUT2D eigenvalue weighted by molar-refractivity contribution is 6.30. The highest BCUT2D eigenvalue weighted by atomic mass is 35.5. The molecule has 1 aliphatic heterocycles. The summed E-state index contributed by atoms with van der Waals surface area (Å²) in [4.78, 5) is 25.2. The lowest BCUT2D eigenvalue weighted by molar-refractivity contribution is -0.136. The molecule has 0 radical (unpaired) electrons. The Morgan fingerprint density at radius 1 is 1.45 bits per heavy atom. The number of hydrogen-bond acceptors (Lipinski definition) is 2. The van der Waals surface area contributed by atoms with Gasteiger partial charge in [0.2, 0.25) is 11.8 Å². The zero-order valence-corrected chi connectivity index (χ0v) is 12.3. The quantitative estimate of drug-likeness (QED) is 0.923. The monoisotopic (exact) mass is 294 g/mol. The van der Waals surface area contributed by atoms with Crippen LogP contribution in [0.1, 0.15) is 25.3 Å². The van der Waals surface area contributed by atoms with Crippen LogP contribution in [0.2, 0.25) is 5.02 Å². The Balaban J connectivity index is 1.82. The number of amides is 2. The predicted molar refractivity (Wildman–Crippen MR) is 78.6 cm³/mol. The van der Waals surface area contributed by atoms with E-state index in [0.717, 1.165) is 24.8 Å². The maximum Gasteiger partial charge on any atom is 0.242 e. The molecule has 1 N–H and O–H groups in total. The van der Waals surface area contributed by atoms with Crippen LogP contribution in [-0.4, -0.2) is 35.8 Å². The number of nitrogens with zero attached hydrogens (tertiary/aromatic N) is 1. The summed E-state index contributed by atoms with van der Waals surface area (Å²) in [6.07, 6.45) is 2.38. The summed E-state index contributed by atoms with van der Waals surface area (Å²) in [6, 6.07) is 7.30. The molecule has 0 spiro atoms. The van der Waals surface area contributed by atoms with Gasteiger partial charge in [-0.05, 0) is 37.0 Å². The zero-order chi connectivity index (χ0) is 14.5. The summed E-state index contributed by atoms with van der Waals surface area (Å²) in [5, 5.41) is 3.60. The van der Waals surface area contributed by atoms with E-state index in [4.69, 9.17) is 11.6 Å². The van der Waals surface area contributed by atoms with Gasteiger partial charge in [-0.2, -0.15) is 0 Å². The highest BCUT2D eigenvalue weighted by Gasteiger charge is 2.31. The molecule has 4 nitrogen and oxygen atoms in total. The van der Waals surface area contributed by atoms with E-state index < -0.39 is 0 Å². The molecule has 20 heavy (non-hydrogen) atoms. The molecule has 0 saturated carbocycles. The molecular formula is C15H19ClN2O2. The molecule has 108 valence electrons. The van der Waals surface area contributed by atoms with Crippen LogP contribution in [0.5, 0.6) is 0 Å². The van der Waals surface area contributed by atoms with Crippen LogP contribution >= 0.6 is 11.6 Å². The van der Waals surface area contributed by atoms with Crippen LogP contribution in [0, 0.1) is 0 Å². The third-order valence-corrected chi connectivity index (χ3v) is 3.80. The lowest BCUT2D eigenvalue weighted by Crippen LogP contribution is -2.45. The van der Waals surface area contributed by atoms with Crippen molar-refractivity contribution in [3.8, 4) is 0 Å². The molecule has 1 aliphatic rings. The number of likely N-dealkylation sites (tertiary alicyclic amines) is 1. The average Bonchev–Trinajstić information content (AvgIpc) is 2.88. The molecule has 1 aromatic carbocycles. The Hall–Kier alpha value is -1.55. The zero-order valence-electron chi connectivity index (χ0n) is 11.6. The standard InChI is InChI=1S/C15H19ClN2O2/c1-11(19)18-9-3-6-14(18)15(20)17-8-7-12-4-2-5-13(16)10-12/h2,4-5,10,14H,3,6-9H2,1H3,(H,17,20)/t14-/m0/s1. The van der Waals surface area contributed by atoms with Crippen molar-refractivity contribution < 1.29 is 9.59 Å². The number of carbonyl (C=O) groups is 2. The van der Waals surface area contributed by atoms with Gasteiger partial charge in [-0.15, -0.1) is 0 Å². The summed E-state index contributed by atoms with van der Waals surface area (Å²) < 4.78 is 0. The van der Waals surface area contributed by atoms with Crippen LogP contribution < -0.4 is 5.32 Å². The molecule has 1 saturated heterocycles. The fourth-order valence-corrected chi connectivity index (χ4v) is 2.77. The second-order valence-electron chi connectivity index (χ2n) is 5.04. The molecule has 1 atom stereocenters. The van der Waals surface area contributed by atoms with Crippen molar-refractivity contribution in [1.29, 1.82) is 0 Å². The fourth-order valence-electron chi connectivity index (χ4n) is 2.56. The van der Waals surface area contributed by atoms with Crippen molar-refractivity contribution >= 4 is 23.4 Å². The van der Waals surface area contributed by atoms with E-state index in [9.17, 15) is 9.59 Å². The van der Waals surface area contributed by atoms with Crippen molar-refractivity contribution in [3.63, 3.8) is 0 Å². The first-order valence-corrected chi connectivity index (χ1v) is 7.25. The lowest BCUT2D eigenvalue weighted by atomic mass is 10.1. The number of nitrogens with one attached hydrogen (secondary N) is 1. The molecular weight excluding hydrogens is 276 g/mol. The maximum atomic E-state index is 12.1. The number of carbonyl (C=O) groups excluding carboxylic acids is 2. The van der Waals surface area contributed by atoms with E-state index in [1.54, 1.807) is 4.90 Å². The van der Waals surface area contributed by atoms with E-state index in [2.05, 4.69) is 5.32 Å². The van der Waals surface area contributed by atoms with Crippen LogP contribution in [0.25, 0.3) is 0 Å². The van der Waals surface area contributed by atoms with Gasteiger partial charge in [-0.3, -0.25) is 9.59 Å². The van der Waals surface area contributed by atoms with E-state index in [-0.39, 0.29) is 17.9 Å². The Morgan fingerprint density at radius 2 is 2.25 bits per heavy atom. The van der Waals surface area contributed by atoms with E-state index in [1.807, 2.05) is 24.3 Å². The molecule has 1 fully saturated rings. The summed E-state index contributed by atoms with van der Waals surface area (Å²) in [6.45, 7) is 2.75. The first kappa shape index (κ1) is 14.9. The summed E-state index contributed by atoms with van der Waals surface area (Å²) >= 11 is 5.91. The first-order valence-electron chi connectivity index (χ1n) is 6.87. The van der Waals surface area contributed by atoms with Crippen molar-refractivity contribution in [1.82, 2.24) is 10.2 Å². The highest BCUT2D eigenvalue weighted by Crippen LogP contribution is 2.17. The van der Waals surface area contributed by atoms with Crippen LogP contribution in [0.3, 0.4) is 0 Å². The molecule has 1 aromatic rings. The SMILES string of the molecule is CC(=O)N1CCC[C@H]1C(=O)NCCc1cccc(Cl)c1. The average molecular weight is 295 g/mol. The first-order chi connectivity index (χ1) is 9.58. The second-order valence-corrected chi connectivity index (χ2v) is 5.48. The summed E-state index contributed by atoms with van der Waals surface area (Å²) in [7, 11) is 0. The Morgan fingerprint density at radius 3 is 2.95 bits per heavy atom. The number of rotatable bonds is 4. The van der Waals surface area contributed by atoms with Crippen molar-refractivity contribution in [2.24, 2.45) is 0 Å². The van der Waals surface area contributed by atoms with Gasteiger partial charge < -0.3 is 10.2 Å². The smallest absolute Gasteiger partial charge is 0.242 e. The van der Waals surface area contributed by atoms with Gasteiger partial charge in [0.1, 0.15) is 6.04 Å². The summed E-state index contributed by atoms with van der Waals surface area (Å²) in [5.41, 5.74) is 1.09. The predicted octanol–water partition coefficient (Wildman–Crippen LogP) is 2.01. The van der Waals surface area contributed by atoms with Crippen molar-refractivity contribution in [2.45, 2.75) is 32.2 Å². The largest absolute Gasteiger partial charge is 0.354 e. The minimum absolute atomic E-state index is 0.0301. The fraction of sp³-hybridized carbons (Fsp3) is 0.467. The van der Waals surface area contributed by atoms with Gasteiger partial charge in [0.25, 0.3) is 0 Å². The van der Waals surface area contributed by atoms with Gasteiger partial charge in [0.05, 0.1) is 0 Å². The van der Waals surface area contributed by atoms with E-state index in [1.165, 1.54) is 6.92 Å². The third-order valence-electron chi connectivity index (χ3n) is 3.56. The maximum absolute atomic E-state index is 12.1. The van der Waals surface area contributed by atoms with Gasteiger partial charge >= 0.3 is 0 Å². The number of halogens is 1. The van der Waals surface area contributed by atoms with Crippen molar-refractivity contribution in [3.05, 3.63) is 34.9 Å². The van der Waals surface area contributed by atoms with Gasteiger partial charge in [-0.25, -0.2) is 0 Å². The van der Waals surface area contributed by atoms with E-state index >= 15 is 0 Å². The molecule has 0 unspecified atom stereocenters. The molecule has 1 heterocycles. The number of hydrogen-bond donors (Lipinski definition) is 1. The summed E-state index contributed by atoms with van der Waals surface area (Å²) in [5.74, 6) is -0.0859. The Kier molecular flexibility index (Phi) is 5.01. The van der Waals surface area contributed by atoms with Crippen LogP contribution in [0.4, 0.5) is 0 Å². The third kappa shape index (κ3) is 3.73.